The van der Waals surface area contributed by atoms with Crippen LogP contribution < -0.4 is 15.4 Å². The SMILES string of the molecule is COc1cccc(C[C@]2(CCC(=O)NCC3(c4ccccc4)CCOCC3)CCC(=O)N2)c1. The number of rotatable bonds is 9. The normalized spacial score (nSPS) is 21.9. The number of hydrogen-bond acceptors (Lipinski definition) is 4. The maximum absolute atomic E-state index is 12.9. The zero-order chi connectivity index (χ0) is 23.2. The summed E-state index contributed by atoms with van der Waals surface area (Å²) in [6.07, 6.45) is 4.72. The molecule has 2 fully saturated rings. The highest BCUT2D eigenvalue weighted by Crippen LogP contribution is 2.34. The van der Waals surface area contributed by atoms with Crippen molar-refractivity contribution in [3.8, 4) is 5.75 Å². The molecule has 2 saturated heterocycles. The third kappa shape index (κ3) is 5.74. The smallest absolute Gasteiger partial charge is 0.220 e. The van der Waals surface area contributed by atoms with Crippen molar-refractivity contribution in [2.75, 3.05) is 26.9 Å². The van der Waals surface area contributed by atoms with Crippen molar-refractivity contribution < 1.29 is 19.1 Å². The number of carbonyl (C=O) groups is 2. The van der Waals surface area contributed by atoms with Gasteiger partial charge in [0.1, 0.15) is 5.75 Å². The molecule has 2 aliphatic heterocycles. The molecule has 6 heteroatoms. The standard InChI is InChI=1S/C27H34N2O4/c1-32-23-9-5-6-21(18-23)19-27(13-11-25(31)29-27)12-10-24(30)28-20-26(14-16-33-17-15-26)22-7-3-2-4-8-22/h2-9,18H,10-17,19-20H2,1H3,(H,28,30)(H,29,31)/t27-/m0/s1. The molecule has 0 radical (unpaired) electrons. The second-order valence-corrected chi connectivity index (χ2v) is 9.39. The Bertz CT molecular complexity index is 956. The molecule has 33 heavy (non-hydrogen) atoms. The number of amides is 2. The summed E-state index contributed by atoms with van der Waals surface area (Å²) in [6, 6.07) is 18.3. The van der Waals surface area contributed by atoms with Crippen LogP contribution in [0.25, 0.3) is 0 Å². The van der Waals surface area contributed by atoms with Gasteiger partial charge in [0, 0.05) is 43.6 Å². The number of carbonyl (C=O) groups excluding carboxylic acids is 2. The molecular weight excluding hydrogens is 416 g/mol. The van der Waals surface area contributed by atoms with Crippen LogP contribution in [-0.2, 0) is 26.2 Å². The zero-order valence-corrected chi connectivity index (χ0v) is 19.4. The molecule has 6 nitrogen and oxygen atoms in total. The second-order valence-electron chi connectivity index (χ2n) is 9.39. The van der Waals surface area contributed by atoms with E-state index in [1.54, 1.807) is 7.11 Å². The Morgan fingerprint density at radius 1 is 1.09 bits per heavy atom. The first-order chi connectivity index (χ1) is 16.0. The first-order valence-electron chi connectivity index (χ1n) is 11.9. The predicted octanol–water partition coefficient (Wildman–Crippen LogP) is 3.53. The molecule has 176 valence electrons. The summed E-state index contributed by atoms with van der Waals surface area (Å²) in [5.74, 6) is 0.888. The average Bonchev–Trinajstić information content (AvgIpc) is 3.23. The molecule has 2 amide bonds. The van der Waals surface area contributed by atoms with Crippen molar-refractivity contribution >= 4 is 11.8 Å². The lowest BCUT2D eigenvalue weighted by Crippen LogP contribution is -2.46. The van der Waals surface area contributed by atoms with Crippen molar-refractivity contribution in [3.63, 3.8) is 0 Å². The van der Waals surface area contributed by atoms with E-state index >= 15 is 0 Å². The van der Waals surface area contributed by atoms with Crippen molar-refractivity contribution in [2.24, 2.45) is 0 Å². The van der Waals surface area contributed by atoms with E-state index in [1.165, 1.54) is 5.56 Å². The number of benzene rings is 2. The fraction of sp³-hybridized carbons (Fsp3) is 0.481. The zero-order valence-electron chi connectivity index (χ0n) is 19.4. The molecule has 0 saturated carbocycles. The Balaban J connectivity index is 1.39. The molecule has 1 atom stereocenters. The van der Waals surface area contributed by atoms with Gasteiger partial charge in [-0.25, -0.2) is 0 Å². The van der Waals surface area contributed by atoms with E-state index < -0.39 is 5.54 Å². The van der Waals surface area contributed by atoms with Gasteiger partial charge in [-0.15, -0.1) is 0 Å². The highest BCUT2D eigenvalue weighted by Gasteiger charge is 2.39. The molecule has 0 aromatic heterocycles. The van der Waals surface area contributed by atoms with Gasteiger partial charge in [0.15, 0.2) is 0 Å². The Hall–Kier alpha value is -2.86. The topological polar surface area (TPSA) is 76.7 Å². The molecule has 0 aliphatic carbocycles. The third-order valence-electron chi connectivity index (χ3n) is 7.20. The summed E-state index contributed by atoms with van der Waals surface area (Å²) in [4.78, 5) is 25.0. The Morgan fingerprint density at radius 3 is 2.58 bits per heavy atom. The summed E-state index contributed by atoms with van der Waals surface area (Å²) in [5.41, 5.74) is 1.87. The van der Waals surface area contributed by atoms with Crippen LogP contribution in [0.4, 0.5) is 0 Å². The van der Waals surface area contributed by atoms with Gasteiger partial charge < -0.3 is 20.1 Å². The van der Waals surface area contributed by atoms with Crippen molar-refractivity contribution in [2.45, 2.75) is 55.9 Å². The van der Waals surface area contributed by atoms with E-state index in [4.69, 9.17) is 9.47 Å². The second kappa shape index (κ2) is 10.4. The number of nitrogens with one attached hydrogen (secondary N) is 2. The van der Waals surface area contributed by atoms with Crippen molar-refractivity contribution in [1.29, 1.82) is 0 Å². The van der Waals surface area contributed by atoms with Gasteiger partial charge >= 0.3 is 0 Å². The molecule has 0 spiro atoms. The molecular formula is C27H34N2O4. The molecule has 2 N–H and O–H groups in total. The van der Waals surface area contributed by atoms with Crippen LogP contribution in [-0.4, -0.2) is 44.2 Å². The van der Waals surface area contributed by atoms with Gasteiger partial charge in [-0.1, -0.05) is 42.5 Å². The third-order valence-corrected chi connectivity index (χ3v) is 7.20. The quantitative estimate of drug-likeness (QED) is 0.613. The van der Waals surface area contributed by atoms with Crippen LogP contribution in [0.2, 0.25) is 0 Å². The molecule has 2 aromatic carbocycles. The maximum Gasteiger partial charge on any atom is 0.220 e. The predicted molar refractivity (Wildman–Crippen MR) is 127 cm³/mol. The van der Waals surface area contributed by atoms with Crippen LogP contribution >= 0.6 is 0 Å². The van der Waals surface area contributed by atoms with E-state index in [9.17, 15) is 9.59 Å². The summed E-state index contributed by atoms with van der Waals surface area (Å²) < 4.78 is 10.9. The van der Waals surface area contributed by atoms with Crippen molar-refractivity contribution in [3.05, 3.63) is 65.7 Å². The van der Waals surface area contributed by atoms with E-state index in [0.29, 0.717) is 45.4 Å². The summed E-state index contributed by atoms with van der Waals surface area (Å²) in [5, 5.41) is 6.37. The number of ether oxygens (including phenoxy) is 2. The van der Waals surface area contributed by atoms with Gasteiger partial charge in [0.25, 0.3) is 0 Å². The van der Waals surface area contributed by atoms with Crippen LogP contribution in [0.1, 0.15) is 49.7 Å². The van der Waals surface area contributed by atoms with Crippen LogP contribution in [0.15, 0.2) is 54.6 Å². The number of hydrogen-bond donors (Lipinski definition) is 2. The number of methoxy groups -OCH3 is 1. The molecule has 2 heterocycles. The van der Waals surface area contributed by atoms with E-state index in [2.05, 4.69) is 34.9 Å². The lowest BCUT2D eigenvalue weighted by Gasteiger charge is -2.38. The van der Waals surface area contributed by atoms with Crippen molar-refractivity contribution in [1.82, 2.24) is 10.6 Å². The monoisotopic (exact) mass is 450 g/mol. The van der Waals surface area contributed by atoms with Gasteiger partial charge in [-0.05, 0) is 55.4 Å². The molecule has 0 bridgehead atoms. The van der Waals surface area contributed by atoms with Crippen LogP contribution in [0, 0.1) is 0 Å². The Morgan fingerprint density at radius 2 is 1.88 bits per heavy atom. The molecule has 2 aromatic rings. The van der Waals surface area contributed by atoms with E-state index in [-0.39, 0.29) is 17.2 Å². The summed E-state index contributed by atoms with van der Waals surface area (Å²) in [6.45, 7) is 2.02. The minimum absolute atomic E-state index is 0.0305. The molecule has 4 rings (SSSR count). The lowest BCUT2D eigenvalue weighted by molar-refractivity contribution is -0.123. The fourth-order valence-corrected chi connectivity index (χ4v) is 5.19. The largest absolute Gasteiger partial charge is 0.497 e. The Labute approximate surface area is 196 Å². The van der Waals surface area contributed by atoms with Gasteiger partial charge in [0.2, 0.25) is 11.8 Å². The van der Waals surface area contributed by atoms with Gasteiger partial charge in [0.05, 0.1) is 7.11 Å². The minimum Gasteiger partial charge on any atom is -0.497 e. The van der Waals surface area contributed by atoms with Gasteiger partial charge in [-0.3, -0.25) is 9.59 Å². The highest BCUT2D eigenvalue weighted by molar-refractivity contribution is 5.80. The average molecular weight is 451 g/mol. The molecule has 0 unspecified atom stereocenters. The molecule has 2 aliphatic rings. The highest BCUT2D eigenvalue weighted by atomic mass is 16.5. The summed E-state index contributed by atoms with van der Waals surface area (Å²) >= 11 is 0. The fourth-order valence-electron chi connectivity index (χ4n) is 5.19. The van der Waals surface area contributed by atoms with Crippen LogP contribution in [0.3, 0.4) is 0 Å². The van der Waals surface area contributed by atoms with Gasteiger partial charge in [-0.2, -0.15) is 0 Å². The first-order valence-corrected chi connectivity index (χ1v) is 11.9. The lowest BCUT2D eigenvalue weighted by atomic mass is 9.74. The summed E-state index contributed by atoms with van der Waals surface area (Å²) in [7, 11) is 1.65. The van der Waals surface area contributed by atoms with E-state index in [0.717, 1.165) is 30.6 Å². The Kier molecular flexibility index (Phi) is 7.33. The maximum atomic E-state index is 12.9. The van der Waals surface area contributed by atoms with Crippen LogP contribution in [0.5, 0.6) is 5.75 Å². The van der Waals surface area contributed by atoms with E-state index in [1.807, 2.05) is 30.3 Å². The first kappa shape index (κ1) is 23.3. The minimum atomic E-state index is -0.392.